The smallest absolute Gasteiger partial charge is 0.272 e. The molecule has 6 heteroatoms. The Kier molecular flexibility index (Phi) is 3.73. The molecular weight excluding hydrogens is 322 g/mol. The molecule has 2 aromatic rings. The first-order chi connectivity index (χ1) is 8.47. The first-order valence-corrected chi connectivity index (χ1v) is 6.23. The molecule has 0 saturated heterocycles. The van der Waals surface area contributed by atoms with E-state index in [0.717, 1.165) is 0 Å². The maximum absolute atomic E-state index is 13.3. The van der Waals surface area contributed by atoms with Crippen molar-refractivity contribution in [2.45, 2.75) is 0 Å². The number of carbonyl (C=O) groups excluding carboxylic acids is 1. The van der Waals surface area contributed by atoms with Crippen LogP contribution in [0, 0.1) is 5.82 Å². The van der Waals surface area contributed by atoms with Gasteiger partial charge in [0.2, 0.25) is 0 Å². The van der Waals surface area contributed by atoms with Crippen molar-refractivity contribution in [3.8, 4) is 0 Å². The van der Waals surface area contributed by atoms with Gasteiger partial charge in [0.15, 0.2) is 0 Å². The average molecular weight is 332 g/mol. The zero-order valence-electron chi connectivity index (χ0n) is 9.38. The van der Waals surface area contributed by atoms with E-state index in [0.29, 0.717) is 20.9 Å². The molecule has 18 heavy (non-hydrogen) atoms. The summed E-state index contributed by atoms with van der Waals surface area (Å²) in [4.78, 5) is 11.9. The highest BCUT2D eigenvalue weighted by Crippen LogP contribution is 2.20. The van der Waals surface area contributed by atoms with E-state index in [4.69, 9.17) is 11.6 Å². The number of benzene rings is 1. The van der Waals surface area contributed by atoms with Crippen LogP contribution in [0.25, 0.3) is 0 Å². The zero-order chi connectivity index (χ0) is 13.3. The Morgan fingerprint density at radius 2 is 2.17 bits per heavy atom. The highest BCUT2D eigenvalue weighted by Gasteiger charge is 2.12. The lowest BCUT2D eigenvalue weighted by Gasteiger charge is -2.06. The van der Waals surface area contributed by atoms with Crippen LogP contribution in [0.15, 0.2) is 34.9 Å². The molecule has 0 unspecified atom stereocenters. The lowest BCUT2D eigenvalue weighted by Crippen LogP contribution is -2.15. The second kappa shape index (κ2) is 5.12. The minimum absolute atomic E-state index is 0.342. The lowest BCUT2D eigenvalue weighted by atomic mass is 10.3. The predicted molar refractivity (Wildman–Crippen MR) is 72.5 cm³/mol. The number of anilines is 1. The summed E-state index contributed by atoms with van der Waals surface area (Å²) in [5.41, 5.74) is 0.793. The molecule has 0 bridgehead atoms. The van der Waals surface area contributed by atoms with Gasteiger partial charge >= 0.3 is 0 Å². The Morgan fingerprint density at radius 1 is 1.44 bits per heavy atom. The first-order valence-electron chi connectivity index (χ1n) is 5.05. The fraction of sp³-hybridized carbons (Fsp3) is 0.0833. The monoisotopic (exact) mass is 330 g/mol. The van der Waals surface area contributed by atoms with Gasteiger partial charge < -0.3 is 9.88 Å². The molecule has 1 N–H and O–H groups in total. The summed E-state index contributed by atoms with van der Waals surface area (Å²) in [6.45, 7) is 0. The summed E-state index contributed by atoms with van der Waals surface area (Å²) in [6.07, 6.45) is 1.62. The molecule has 0 radical (unpaired) electrons. The Hall–Kier alpha value is -1.33. The molecule has 94 valence electrons. The number of aromatic nitrogens is 1. The van der Waals surface area contributed by atoms with Gasteiger partial charge in [-0.3, -0.25) is 4.79 Å². The van der Waals surface area contributed by atoms with E-state index in [2.05, 4.69) is 21.2 Å². The highest BCUT2D eigenvalue weighted by atomic mass is 79.9. The average Bonchev–Trinajstić information content (AvgIpc) is 2.63. The zero-order valence-corrected chi connectivity index (χ0v) is 11.7. The lowest BCUT2D eigenvalue weighted by molar-refractivity contribution is 0.101. The van der Waals surface area contributed by atoms with E-state index in [-0.39, 0.29) is 5.91 Å². The normalized spacial score (nSPS) is 10.4. The highest BCUT2D eigenvalue weighted by molar-refractivity contribution is 9.10. The molecule has 0 aliphatic rings. The van der Waals surface area contributed by atoms with Crippen molar-refractivity contribution in [1.29, 1.82) is 0 Å². The van der Waals surface area contributed by atoms with E-state index in [1.54, 1.807) is 29.9 Å². The molecule has 0 saturated carbocycles. The standard InChI is InChI=1S/C12H9BrClFN2O/c1-17-6-7(14)4-11(17)12(18)16-8-2-3-9(13)10(15)5-8/h2-6H,1H3,(H,16,18). The molecule has 0 spiro atoms. The predicted octanol–water partition coefficient (Wildman–Crippen LogP) is 3.83. The molecule has 0 aliphatic carbocycles. The van der Waals surface area contributed by atoms with Crippen LogP contribution in [0.3, 0.4) is 0 Å². The number of rotatable bonds is 2. The van der Waals surface area contributed by atoms with Gasteiger partial charge in [-0.2, -0.15) is 0 Å². The minimum Gasteiger partial charge on any atom is -0.345 e. The van der Waals surface area contributed by atoms with Gasteiger partial charge in [-0.25, -0.2) is 4.39 Å². The third-order valence-electron chi connectivity index (χ3n) is 2.38. The van der Waals surface area contributed by atoms with Crippen LogP contribution in [0.5, 0.6) is 0 Å². The van der Waals surface area contributed by atoms with Gasteiger partial charge in [-0.15, -0.1) is 0 Å². The molecule has 0 aliphatic heterocycles. The summed E-state index contributed by atoms with van der Waals surface area (Å²) in [5.74, 6) is -0.774. The molecular formula is C12H9BrClFN2O. The number of carbonyl (C=O) groups is 1. The molecule has 0 fully saturated rings. The second-order valence-electron chi connectivity index (χ2n) is 3.74. The fourth-order valence-corrected chi connectivity index (χ4v) is 2.02. The number of nitrogens with zero attached hydrogens (tertiary/aromatic N) is 1. The maximum atomic E-state index is 13.3. The van der Waals surface area contributed by atoms with Crippen molar-refractivity contribution in [2.75, 3.05) is 5.32 Å². The number of aryl methyl sites for hydroxylation is 1. The summed E-state index contributed by atoms with van der Waals surface area (Å²) < 4.78 is 15.2. The Labute approximate surface area is 117 Å². The van der Waals surface area contributed by atoms with Gasteiger partial charge in [0.1, 0.15) is 11.5 Å². The van der Waals surface area contributed by atoms with E-state index < -0.39 is 5.82 Å². The summed E-state index contributed by atoms with van der Waals surface area (Å²) in [6, 6.07) is 5.93. The van der Waals surface area contributed by atoms with Crippen molar-refractivity contribution < 1.29 is 9.18 Å². The Bertz CT molecular complexity index is 612. The van der Waals surface area contributed by atoms with Crippen LogP contribution < -0.4 is 5.32 Å². The topological polar surface area (TPSA) is 34.0 Å². The fourth-order valence-electron chi connectivity index (χ4n) is 1.52. The molecule has 1 heterocycles. The van der Waals surface area contributed by atoms with Gasteiger partial charge in [0.05, 0.1) is 9.50 Å². The number of halogens is 3. The van der Waals surface area contributed by atoms with Crippen LogP contribution in [-0.4, -0.2) is 10.5 Å². The Balaban J connectivity index is 2.21. The van der Waals surface area contributed by atoms with Crippen molar-refractivity contribution in [2.24, 2.45) is 7.05 Å². The maximum Gasteiger partial charge on any atom is 0.272 e. The Morgan fingerprint density at radius 3 is 2.72 bits per heavy atom. The second-order valence-corrected chi connectivity index (χ2v) is 5.03. The molecule has 1 aromatic heterocycles. The molecule has 2 rings (SSSR count). The summed E-state index contributed by atoms with van der Waals surface area (Å²) >= 11 is 8.84. The first kappa shape index (κ1) is 13.1. The van der Waals surface area contributed by atoms with Gasteiger partial charge in [0.25, 0.3) is 5.91 Å². The summed E-state index contributed by atoms with van der Waals surface area (Å²) in [5, 5.41) is 3.08. The third-order valence-corrected chi connectivity index (χ3v) is 3.23. The van der Waals surface area contributed by atoms with Crippen molar-refractivity contribution >= 4 is 39.1 Å². The van der Waals surface area contributed by atoms with Crippen molar-refractivity contribution in [1.82, 2.24) is 4.57 Å². The quantitative estimate of drug-likeness (QED) is 0.891. The molecule has 1 aromatic carbocycles. The number of hydrogen-bond acceptors (Lipinski definition) is 1. The third kappa shape index (κ3) is 2.73. The number of nitrogens with one attached hydrogen (secondary N) is 1. The van der Waals surface area contributed by atoms with Crippen LogP contribution in [0.2, 0.25) is 5.02 Å². The molecule has 3 nitrogen and oxygen atoms in total. The van der Waals surface area contributed by atoms with Crippen molar-refractivity contribution in [3.63, 3.8) is 0 Å². The number of hydrogen-bond donors (Lipinski definition) is 1. The van der Waals surface area contributed by atoms with Gasteiger partial charge in [-0.1, -0.05) is 11.6 Å². The number of amides is 1. The van der Waals surface area contributed by atoms with Crippen LogP contribution >= 0.6 is 27.5 Å². The van der Waals surface area contributed by atoms with Gasteiger partial charge in [-0.05, 0) is 40.2 Å². The van der Waals surface area contributed by atoms with Crippen molar-refractivity contribution in [3.05, 3.63) is 51.5 Å². The molecule has 1 amide bonds. The van der Waals surface area contributed by atoms with Crippen LogP contribution in [0.4, 0.5) is 10.1 Å². The van der Waals surface area contributed by atoms with E-state index >= 15 is 0 Å². The molecule has 0 atom stereocenters. The largest absolute Gasteiger partial charge is 0.345 e. The summed E-state index contributed by atoms with van der Waals surface area (Å²) in [7, 11) is 1.71. The van der Waals surface area contributed by atoms with E-state index in [1.807, 2.05) is 0 Å². The van der Waals surface area contributed by atoms with Crippen LogP contribution in [0.1, 0.15) is 10.5 Å². The SMILES string of the molecule is Cn1cc(Cl)cc1C(=O)Nc1ccc(Br)c(F)c1. The minimum atomic E-state index is -0.433. The van der Waals surface area contributed by atoms with Crippen LogP contribution in [-0.2, 0) is 7.05 Å². The van der Waals surface area contributed by atoms with E-state index in [9.17, 15) is 9.18 Å². The van der Waals surface area contributed by atoms with Gasteiger partial charge in [0, 0.05) is 18.9 Å². The van der Waals surface area contributed by atoms with E-state index in [1.165, 1.54) is 12.1 Å².